The van der Waals surface area contributed by atoms with E-state index in [9.17, 15) is 13.2 Å². The predicted octanol–water partition coefficient (Wildman–Crippen LogP) is 4.84. The summed E-state index contributed by atoms with van der Waals surface area (Å²) < 4.78 is 41.6. The first-order chi connectivity index (χ1) is 17.9. The van der Waals surface area contributed by atoms with Crippen molar-refractivity contribution in [3.63, 3.8) is 0 Å². The fraction of sp³-hybridized carbons (Fsp3) is 0.111. The number of nitrogens with two attached hydrogens (primary N) is 1. The Balaban J connectivity index is 1.53. The Bertz CT molecular complexity index is 1560. The Labute approximate surface area is 218 Å². The molecule has 188 valence electrons. The molecule has 2 N–H and O–H groups in total. The van der Waals surface area contributed by atoms with E-state index in [4.69, 9.17) is 24.4 Å². The third-order valence-corrected chi connectivity index (χ3v) is 7.88. The van der Waals surface area contributed by atoms with Gasteiger partial charge in [-0.15, -0.1) is 0 Å². The van der Waals surface area contributed by atoms with Crippen LogP contribution in [0.4, 0.5) is 0 Å². The molecule has 2 heterocycles. The first-order valence-electron chi connectivity index (χ1n) is 11.4. The topological polar surface area (TPSA) is 118 Å². The van der Waals surface area contributed by atoms with Crippen molar-refractivity contribution in [2.75, 3.05) is 6.61 Å². The molecule has 0 bridgehead atoms. The highest BCUT2D eigenvalue weighted by atomic mass is 32.2. The van der Waals surface area contributed by atoms with Crippen molar-refractivity contribution < 1.29 is 26.9 Å². The summed E-state index contributed by atoms with van der Waals surface area (Å²) in [5.74, 6) is -1.24. The molecule has 5 rings (SSSR count). The Morgan fingerprint density at radius 1 is 1.00 bits per heavy atom. The van der Waals surface area contributed by atoms with Crippen molar-refractivity contribution in [1.82, 2.24) is 4.98 Å². The van der Waals surface area contributed by atoms with Gasteiger partial charge in [-0.1, -0.05) is 72.0 Å². The van der Waals surface area contributed by atoms with Crippen molar-refractivity contribution >= 4 is 27.4 Å². The molecule has 1 aliphatic rings. The van der Waals surface area contributed by atoms with Crippen LogP contribution in [0, 0.1) is 0 Å². The Morgan fingerprint density at radius 3 is 2.30 bits per heavy atom. The Hall–Kier alpha value is -4.15. The van der Waals surface area contributed by atoms with Crippen LogP contribution in [0.25, 0.3) is 10.6 Å². The highest BCUT2D eigenvalue weighted by molar-refractivity contribution is 7.87. The summed E-state index contributed by atoms with van der Waals surface area (Å²) in [7, 11) is -4.00. The summed E-state index contributed by atoms with van der Waals surface area (Å²) in [4.78, 5) is 17.8. The van der Waals surface area contributed by atoms with Gasteiger partial charge in [0.1, 0.15) is 26.9 Å². The van der Waals surface area contributed by atoms with Crippen LogP contribution >= 0.6 is 11.3 Å². The van der Waals surface area contributed by atoms with Crippen LogP contribution in [-0.2, 0) is 19.6 Å². The van der Waals surface area contributed by atoms with Crippen LogP contribution in [0.15, 0.2) is 101 Å². The summed E-state index contributed by atoms with van der Waals surface area (Å²) in [5.41, 5.74) is 8.40. The number of fused-ring (bicyclic) bond motifs is 1. The van der Waals surface area contributed by atoms with E-state index in [-0.39, 0.29) is 28.7 Å². The minimum absolute atomic E-state index is 0.0457. The van der Waals surface area contributed by atoms with Gasteiger partial charge in [0, 0.05) is 5.56 Å². The summed E-state index contributed by atoms with van der Waals surface area (Å²) in [6.07, 6.45) is 0. The van der Waals surface area contributed by atoms with Gasteiger partial charge in [0.25, 0.3) is 0 Å². The molecule has 1 unspecified atom stereocenters. The summed E-state index contributed by atoms with van der Waals surface area (Å²) in [6.45, 7) is 1.86. The second-order valence-electron chi connectivity index (χ2n) is 8.01. The van der Waals surface area contributed by atoms with Gasteiger partial charge in [-0.25, -0.2) is 9.78 Å². The van der Waals surface area contributed by atoms with Gasteiger partial charge in [-0.3, -0.25) is 0 Å². The third kappa shape index (κ3) is 4.93. The molecule has 1 aromatic heterocycles. The largest absolute Gasteiger partial charge is 0.462 e. The number of carbonyl (C=O) groups excluding carboxylic acids is 1. The van der Waals surface area contributed by atoms with Gasteiger partial charge in [0.05, 0.1) is 12.5 Å². The van der Waals surface area contributed by atoms with Crippen LogP contribution in [0.5, 0.6) is 10.8 Å². The number of esters is 1. The number of benzene rings is 3. The molecule has 0 aliphatic carbocycles. The molecule has 1 atom stereocenters. The molecule has 4 aromatic rings. The van der Waals surface area contributed by atoms with Crippen molar-refractivity contribution in [2.45, 2.75) is 17.7 Å². The van der Waals surface area contributed by atoms with E-state index >= 15 is 0 Å². The molecule has 10 heteroatoms. The van der Waals surface area contributed by atoms with Gasteiger partial charge in [-0.2, -0.15) is 8.42 Å². The van der Waals surface area contributed by atoms with Crippen LogP contribution in [0.2, 0.25) is 0 Å². The van der Waals surface area contributed by atoms with E-state index in [0.29, 0.717) is 21.3 Å². The normalized spacial score (nSPS) is 15.0. The van der Waals surface area contributed by atoms with Gasteiger partial charge >= 0.3 is 16.1 Å². The summed E-state index contributed by atoms with van der Waals surface area (Å²) >= 11 is 1.32. The van der Waals surface area contributed by atoms with Gasteiger partial charge < -0.3 is 19.4 Å². The highest BCUT2D eigenvalue weighted by Gasteiger charge is 2.38. The zero-order valence-corrected chi connectivity index (χ0v) is 21.3. The lowest BCUT2D eigenvalue weighted by Crippen LogP contribution is -2.27. The van der Waals surface area contributed by atoms with Gasteiger partial charge in [0.2, 0.25) is 10.9 Å². The first-order valence-corrected chi connectivity index (χ1v) is 13.6. The van der Waals surface area contributed by atoms with Crippen LogP contribution in [0.3, 0.4) is 0 Å². The minimum atomic E-state index is -4.00. The van der Waals surface area contributed by atoms with E-state index < -0.39 is 22.0 Å². The molecular formula is C27H22N2O6S2. The fourth-order valence-corrected chi connectivity index (χ4v) is 5.87. The van der Waals surface area contributed by atoms with Crippen LogP contribution in [0.1, 0.15) is 24.1 Å². The molecule has 3 aromatic carbocycles. The predicted molar refractivity (Wildman–Crippen MR) is 139 cm³/mol. The maximum atomic E-state index is 12.9. The third-order valence-electron chi connectivity index (χ3n) is 5.62. The molecule has 0 saturated carbocycles. The van der Waals surface area contributed by atoms with E-state index in [1.807, 2.05) is 30.3 Å². The number of hydrogen-bond donors (Lipinski definition) is 1. The van der Waals surface area contributed by atoms with Gasteiger partial charge in [0.15, 0.2) is 0 Å². The molecule has 37 heavy (non-hydrogen) atoms. The lowest BCUT2D eigenvalue weighted by molar-refractivity contribution is -0.139. The zero-order chi connectivity index (χ0) is 26.0. The van der Waals surface area contributed by atoms with Crippen LogP contribution in [-0.4, -0.2) is 26.0 Å². The number of rotatable bonds is 7. The Kier molecular flexibility index (Phi) is 6.68. The summed E-state index contributed by atoms with van der Waals surface area (Å²) in [6, 6.07) is 23.9. The van der Waals surface area contributed by atoms with E-state index in [1.165, 1.54) is 35.6 Å². The number of thiazole rings is 1. The molecule has 0 fully saturated rings. The molecule has 8 nitrogen and oxygen atoms in total. The first kappa shape index (κ1) is 24.5. The summed E-state index contributed by atoms with van der Waals surface area (Å²) in [5, 5.41) is 1.18. The number of nitrogens with zero attached hydrogens (tertiary/aromatic N) is 1. The monoisotopic (exact) mass is 534 g/mol. The molecule has 0 amide bonds. The number of hydrogen-bond acceptors (Lipinski definition) is 9. The molecule has 0 spiro atoms. The fourth-order valence-electron chi connectivity index (χ4n) is 3.94. The van der Waals surface area contributed by atoms with E-state index in [1.54, 1.807) is 37.3 Å². The zero-order valence-electron chi connectivity index (χ0n) is 19.7. The number of carbonyl (C=O) groups is 1. The van der Waals surface area contributed by atoms with Crippen molar-refractivity contribution in [1.29, 1.82) is 0 Å². The highest BCUT2D eigenvalue weighted by Crippen LogP contribution is 2.47. The standard InChI is InChI=1S/C27H22N2O6S2/c1-2-33-26(30)22-21(23-27(34-24(22)28)36-25(29-23)18-9-5-3-6-10-18)17-13-15-19(16-14-17)35-37(31,32)20-11-7-4-8-12-20/h3-16,21H,2,28H2,1H3. The van der Waals surface area contributed by atoms with Crippen molar-refractivity contribution in [3.8, 4) is 21.4 Å². The average Bonchev–Trinajstić information content (AvgIpc) is 3.33. The maximum Gasteiger partial charge on any atom is 0.340 e. The van der Waals surface area contributed by atoms with Gasteiger partial charge in [-0.05, 0) is 36.8 Å². The number of ether oxygens (including phenoxy) is 2. The second-order valence-corrected chi connectivity index (χ2v) is 10.5. The number of aromatic nitrogens is 1. The molecule has 0 saturated heterocycles. The molecule has 1 aliphatic heterocycles. The SMILES string of the molecule is CCOC(=O)C1=C(N)Oc2sc(-c3ccccc3)nc2C1c1ccc(OS(=O)(=O)c2ccccc2)cc1. The lowest BCUT2D eigenvalue weighted by Gasteiger charge is -2.25. The lowest BCUT2D eigenvalue weighted by atomic mass is 9.87. The molecule has 0 radical (unpaired) electrons. The smallest absolute Gasteiger partial charge is 0.340 e. The Morgan fingerprint density at radius 2 is 1.65 bits per heavy atom. The minimum Gasteiger partial charge on any atom is -0.462 e. The quantitative estimate of drug-likeness (QED) is 0.264. The van der Waals surface area contributed by atoms with E-state index in [0.717, 1.165) is 5.56 Å². The van der Waals surface area contributed by atoms with Crippen molar-refractivity contribution in [2.24, 2.45) is 5.73 Å². The second kappa shape index (κ2) is 10.1. The van der Waals surface area contributed by atoms with Crippen molar-refractivity contribution in [3.05, 3.63) is 108 Å². The van der Waals surface area contributed by atoms with Crippen LogP contribution < -0.4 is 14.7 Å². The molecular weight excluding hydrogens is 512 g/mol. The maximum absolute atomic E-state index is 12.9. The average molecular weight is 535 g/mol. The van der Waals surface area contributed by atoms with E-state index in [2.05, 4.69) is 0 Å².